The highest BCUT2D eigenvalue weighted by Crippen LogP contribution is 2.35. The van der Waals surface area contributed by atoms with Gasteiger partial charge in [0.2, 0.25) is 5.91 Å². The zero-order valence-electron chi connectivity index (χ0n) is 18.6. The summed E-state index contributed by atoms with van der Waals surface area (Å²) < 4.78 is 9.17. The molecule has 0 aliphatic carbocycles. The maximum atomic E-state index is 13.8. The second-order valence-corrected chi connectivity index (χ2v) is 9.92. The summed E-state index contributed by atoms with van der Waals surface area (Å²) >= 11 is 2.11. The number of rotatable bonds is 7. The second kappa shape index (κ2) is 9.59. The molecule has 1 aromatic carbocycles. The van der Waals surface area contributed by atoms with Crippen molar-refractivity contribution in [3.63, 3.8) is 0 Å². The largest absolute Gasteiger partial charge is 0.497 e. The maximum Gasteiger partial charge on any atom is 0.273 e. The summed E-state index contributed by atoms with van der Waals surface area (Å²) in [4.78, 5) is 41.0. The van der Waals surface area contributed by atoms with Gasteiger partial charge in [-0.05, 0) is 68.0 Å². The molecule has 1 atom stereocenters. The summed E-state index contributed by atoms with van der Waals surface area (Å²) in [7, 11) is 1.53. The van der Waals surface area contributed by atoms with Crippen molar-refractivity contribution in [3.05, 3.63) is 57.2 Å². The number of carbonyl (C=O) groups is 3. The van der Waals surface area contributed by atoms with Gasteiger partial charge in [0.05, 0.1) is 12.8 Å². The molecule has 3 aromatic rings. The second-order valence-electron chi connectivity index (χ2n) is 8.17. The molecule has 0 fully saturated rings. The Labute approximate surface area is 199 Å². The van der Waals surface area contributed by atoms with Crippen molar-refractivity contribution in [2.45, 2.75) is 32.4 Å². The number of methoxy groups -OCH3 is 1. The average Bonchev–Trinajstić information content (AvgIpc) is 3.40. The van der Waals surface area contributed by atoms with Gasteiger partial charge in [-0.1, -0.05) is 6.07 Å². The van der Waals surface area contributed by atoms with Crippen molar-refractivity contribution in [1.29, 1.82) is 0 Å². The van der Waals surface area contributed by atoms with E-state index < -0.39 is 23.4 Å². The van der Waals surface area contributed by atoms with Crippen LogP contribution < -0.4 is 26.4 Å². The van der Waals surface area contributed by atoms with Crippen molar-refractivity contribution in [3.8, 4) is 5.75 Å². The zero-order chi connectivity index (χ0) is 24.3. The lowest BCUT2D eigenvalue weighted by molar-refractivity contribution is -0.123. The van der Waals surface area contributed by atoms with Crippen molar-refractivity contribution in [2.75, 3.05) is 17.7 Å². The molecule has 9 nitrogen and oxygen atoms in total. The first-order valence-corrected chi connectivity index (χ1v) is 11.6. The number of nitrogens with two attached hydrogens (primary N) is 2. The first kappa shape index (κ1) is 24.2. The molecule has 0 saturated carbocycles. The number of amides is 3. The molecule has 11 heteroatoms. The fourth-order valence-corrected chi connectivity index (χ4v) is 4.68. The lowest BCUT2D eigenvalue weighted by Gasteiger charge is -2.33. The van der Waals surface area contributed by atoms with E-state index in [2.05, 4.69) is 9.69 Å². The van der Waals surface area contributed by atoms with Crippen LogP contribution in [0, 0.1) is 0 Å². The third kappa shape index (κ3) is 5.32. The molecule has 0 saturated heterocycles. The highest BCUT2D eigenvalue weighted by atomic mass is 32.1. The van der Waals surface area contributed by atoms with Gasteiger partial charge in [0.1, 0.15) is 10.6 Å². The van der Waals surface area contributed by atoms with Gasteiger partial charge >= 0.3 is 0 Å². The number of thiophene rings is 1. The third-order valence-corrected chi connectivity index (χ3v) is 6.32. The molecule has 0 spiro atoms. The summed E-state index contributed by atoms with van der Waals surface area (Å²) in [5.41, 5.74) is 11.0. The number of nitrogens with zero attached hydrogens (tertiary/aromatic N) is 2. The molecule has 3 amide bonds. The number of hydrogen-bond donors (Lipinski definition) is 3. The van der Waals surface area contributed by atoms with E-state index >= 15 is 0 Å². The van der Waals surface area contributed by atoms with E-state index in [4.69, 9.17) is 16.2 Å². The minimum atomic E-state index is -0.997. The van der Waals surface area contributed by atoms with Crippen LogP contribution in [-0.4, -0.2) is 34.7 Å². The average molecular weight is 488 g/mol. The number of carbonyl (C=O) groups excluding carboxylic acids is 3. The van der Waals surface area contributed by atoms with E-state index in [9.17, 15) is 14.4 Å². The van der Waals surface area contributed by atoms with E-state index in [0.29, 0.717) is 16.3 Å². The Hall–Kier alpha value is -3.44. The first-order valence-electron chi connectivity index (χ1n) is 9.91. The number of nitrogens with one attached hydrogen (secondary N) is 1. The highest BCUT2D eigenvalue weighted by Gasteiger charge is 2.37. The van der Waals surface area contributed by atoms with Gasteiger partial charge in [-0.3, -0.25) is 19.3 Å². The normalized spacial score (nSPS) is 12.1. The van der Waals surface area contributed by atoms with Crippen molar-refractivity contribution >= 4 is 52.0 Å². The van der Waals surface area contributed by atoms with Gasteiger partial charge in [0, 0.05) is 16.1 Å². The fourth-order valence-electron chi connectivity index (χ4n) is 3.12. The van der Waals surface area contributed by atoms with Crippen molar-refractivity contribution in [2.24, 2.45) is 5.73 Å². The lowest BCUT2D eigenvalue weighted by atomic mass is 10.1. The van der Waals surface area contributed by atoms with Crippen LogP contribution in [0.25, 0.3) is 0 Å². The molecule has 0 aliphatic heterocycles. The number of hydrogen-bond acceptors (Lipinski definition) is 8. The summed E-state index contributed by atoms with van der Waals surface area (Å²) in [5, 5.41) is 4.79. The Bertz CT molecular complexity index is 1150. The molecule has 5 N–H and O–H groups in total. The number of primary amides is 1. The van der Waals surface area contributed by atoms with E-state index in [-0.39, 0.29) is 22.2 Å². The van der Waals surface area contributed by atoms with Gasteiger partial charge in [0.15, 0.2) is 11.7 Å². The lowest BCUT2D eigenvalue weighted by Crippen LogP contribution is -2.49. The number of benzene rings is 1. The van der Waals surface area contributed by atoms with Crippen molar-refractivity contribution in [1.82, 2.24) is 9.69 Å². The van der Waals surface area contributed by atoms with E-state index in [1.807, 2.05) is 26.2 Å². The quantitative estimate of drug-likeness (QED) is 0.467. The molecule has 174 valence electrons. The molecule has 2 aromatic heterocycles. The molecule has 2 heterocycles. The smallest absolute Gasteiger partial charge is 0.273 e. The van der Waals surface area contributed by atoms with E-state index in [1.54, 1.807) is 36.4 Å². The standard InChI is InChI=1S/C22H25N5O4S2/c1-22(2,3)25-20(29)17(14-6-5-11-32-14)27(12-7-9-13(31-4)10-8-12)21(30)18-15(23)16(19(24)28)26-33-18/h5-11,17H,23H2,1-4H3,(H2,24,28)(H,25,29)/t17-/m0/s1. The van der Waals surface area contributed by atoms with E-state index in [0.717, 1.165) is 11.5 Å². The maximum absolute atomic E-state index is 13.8. The van der Waals surface area contributed by atoms with Crippen LogP contribution in [0.15, 0.2) is 41.8 Å². The minimum absolute atomic E-state index is 0.0183. The summed E-state index contributed by atoms with van der Waals surface area (Å²) in [6, 6.07) is 9.32. The Morgan fingerprint density at radius 3 is 2.30 bits per heavy atom. The van der Waals surface area contributed by atoms with Crippen LogP contribution >= 0.6 is 22.9 Å². The fraction of sp³-hybridized carbons (Fsp3) is 0.273. The first-order chi connectivity index (χ1) is 15.5. The molecule has 0 unspecified atom stereocenters. The van der Waals surface area contributed by atoms with Crippen LogP contribution in [-0.2, 0) is 4.79 Å². The van der Waals surface area contributed by atoms with Crippen LogP contribution in [0.4, 0.5) is 11.4 Å². The predicted molar refractivity (Wildman–Crippen MR) is 130 cm³/mol. The Kier molecular flexibility index (Phi) is 7.04. The number of nitrogen functional groups attached to an aromatic ring is 1. The molecule has 3 rings (SSSR count). The topological polar surface area (TPSA) is 141 Å². The van der Waals surface area contributed by atoms with E-state index in [1.165, 1.54) is 23.3 Å². The molecule has 0 bridgehead atoms. The highest BCUT2D eigenvalue weighted by molar-refractivity contribution is 7.10. The third-order valence-electron chi connectivity index (χ3n) is 4.54. The van der Waals surface area contributed by atoms with Gasteiger partial charge in [0.25, 0.3) is 11.8 Å². The molecular weight excluding hydrogens is 462 g/mol. The molecular formula is C22H25N5O4S2. The van der Waals surface area contributed by atoms with Gasteiger partial charge in [-0.2, -0.15) is 4.37 Å². The van der Waals surface area contributed by atoms with Crippen LogP contribution in [0.3, 0.4) is 0 Å². The van der Waals surface area contributed by atoms with Crippen LogP contribution in [0.5, 0.6) is 5.75 Å². The van der Waals surface area contributed by atoms with Crippen molar-refractivity contribution < 1.29 is 19.1 Å². The Balaban J connectivity index is 2.18. The SMILES string of the molecule is COc1ccc(N(C(=O)c2snc(C(N)=O)c2N)[C@H](C(=O)NC(C)(C)C)c2cccs2)cc1. The number of ether oxygens (including phenoxy) is 1. The number of aromatic nitrogens is 1. The zero-order valence-corrected chi connectivity index (χ0v) is 20.3. The summed E-state index contributed by atoms with van der Waals surface area (Å²) in [5.74, 6) is -1.19. The Morgan fingerprint density at radius 1 is 1.15 bits per heavy atom. The monoisotopic (exact) mass is 487 g/mol. The van der Waals surface area contributed by atoms with Gasteiger partial charge in [-0.15, -0.1) is 11.3 Å². The van der Waals surface area contributed by atoms with Crippen LogP contribution in [0.1, 0.15) is 51.9 Å². The van der Waals surface area contributed by atoms with Gasteiger partial charge < -0.3 is 21.5 Å². The molecule has 0 radical (unpaired) electrons. The summed E-state index contributed by atoms with van der Waals surface area (Å²) in [6.45, 7) is 5.57. The number of anilines is 2. The van der Waals surface area contributed by atoms with Crippen LogP contribution in [0.2, 0.25) is 0 Å². The minimum Gasteiger partial charge on any atom is -0.497 e. The molecule has 0 aliphatic rings. The summed E-state index contributed by atoms with van der Waals surface area (Å²) in [6.07, 6.45) is 0. The molecule has 33 heavy (non-hydrogen) atoms. The predicted octanol–water partition coefficient (Wildman–Crippen LogP) is 3.20. The van der Waals surface area contributed by atoms with Gasteiger partial charge in [-0.25, -0.2) is 0 Å². The Morgan fingerprint density at radius 2 is 1.82 bits per heavy atom.